The Bertz CT molecular complexity index is 308. The van der Waals surface area contributed by atoms with Crippen molar-refractivity contribution in [1.29, 1.82) is 5.26 Å². The van der Waals surface area contributed by atoms with E-state index < -0.39 is 0 Å². The van der Waals surface area contributed by atoms with Gasteiger partial charge in [-0.05, 0) is 49.8 Å². The fourth-order valence-corrected chi connectivity index (χ4v) is 5.21. The second-order valence-electron chi connectivity index (χ2n) is 6.05. The van der Waals surface area contributed by atoms with Crippen LogP contribution < -0.4 is 0 Å². The monoisotopic (exact) mass is 252 g/mol. The lowest BCUT2D eigenvalue weighted by Crippen LogP contribution is -2.48. The first-order valence-corrected chi connectivity index (χ1v) is 7.83. The molecule has 0 N–H and O–H groups in total. The van der Waals surface area contributed by atoms with Crippen molar-refractivity contribution in [3.05, 3.63) is 0 Å². The Morgan fingerprint density at radius 3 is 2.94 bits per heavy atom. The second kappa shape index (κ2) is 5.20. The predicted octanol–water partition coefficient (Wildman–Crippen LogP) is 3.29. The molecule has 0 amide bonds. The Kier molecular flexibility index (Phi) is 4.05. The van der Waals surface area contributed by atoms with Gasteiger partial charge in [0, 0.05) is 11.3 Å². The van der Waals surface area contributed by atoms with Crippen LogP contribution >= 0.6 is 11.8 Å². The van der Waals surface area contributed by atoms with E-state index in [0.717, 1.165) is 13.1 Å². The highest BCUT2D eigenvalue weighted by Gasteiger charge is 2.43. The maximum absolute atomic E-state index is 8.86. The van der Waals surface area contributed by atoms with Crippen molar-refractivity contribution in [2.24, 2.45) is 5.41 Å². The van der Waals surface area contributed by atoms with E-state index in [1.807, 2.05) is 0 Å². The van der Waals surface area contributed by atoms with Crippen LogP contribution in [0.3, 0.4) is 0 Å². The van der Waals surface area contributed by atoms with Crippen LogP contribution in [0.2, 0.25) is 0 Å². The van der Waals surface area contributed by atoms with Crippen LogP contribution in [0, 0.1) is 16.7 Å². The zero-order valence-electron chi connectivity index (χ0n) is 11.2. The lowest BCUT2D eigenvalue weighted by atomic mass is 9.70. The van der Waals surface area contributed by atoms with Crippen molar-refractivity contribution < 1.29 is 0 Å². The van der Waals surface area contributed by atoms with Gasteiger partial charge in [-0.3, -0.25) is 4.90 Å². The largest absolute Gasteiger partial charge is 0.290 e. The molecule has 2 saturated heterocycles. The first-order chi connectivity index (χ1) is 8.11. The summed E-state index contributed by atoms with van der Waals surface area (Å²) in [4.78, 5) is 2.37. The molecule has 0 aromatic rings. The van der Waals surface area contributed by atoms with Crippen LogP contribution in [0.15, 0.2) is 0 Å². The Labute approximate surface area is 110 Å². The topological polar surface area (TPSA) is 27.0 Å². The molecule has 2 aliphatic rings. The molecule has 2 heterocycles. The van der Waals surface area contributed by atoms with Gasteiger partial charge in [0.05, 0.1) is 12.6 Å². The van der Waals surface area contributed by atoms with E-state index in [9.17, 15) is 0 Å². The van der Waals surface area contributed by atoms with Crippen molar-refractivity contribution in [3.8, 4) is 6.07 Å². The lowest BCUT2D eigenvalue weighted by molar-refractivity contribution is 0.0723. The lowest BCUT2D eigenvalue weighted by Gasteiger charge is -2.50. The molecule has 2 fully saturated rings. The van der Waals surface area contributed by atoms with Gasteiger partial charge < -0.3 is 0 Å². The molecule has 2 nitrogen and oxygen atoms in total. The summed E-state index contributed by atoms with van der Waals surface area (Å²) in [5.41, 5.74) is 0.519. The van der Waals surface area contributed by atoms with Crippen LogP contribution in [-0.4, -0.2) is 35.0 Å². The van der Waals surface area contributed by atoms with Gasteiger partial charge in [-0.1, -0.05) is 13.8 Å². The van der Waals surface area contributed by atoms with Gasteiger partial charge in [-0.25, -0.2) is 0 Å². The van der Waals surface area contributed by atoms with Crippen molar-refractivity contribution in [3.63, 3.8) is 0 Å². The van der Waals surface area contributed by atoms with Crippen molar-refractivity contribution in [2.45, 2.75) is 50.7 Å². The Hall–Kier alpha value is -0.200. The third kappa shape index (κ3) is 2.98. The highest BCUT2D eigenvalue weighted by molar-refractivity contribution is 8.00. The minimum absolute atomic E-state index is 0.480. The van der Waals surface area contributed by atoms with Gasteiger partial charge in [-0.15, -0.1) is 0 Å². The normalized spacial score (nSPS) is 39.1. The third-order valence-electron chi connectivity index (χ3n) is 4.61. The van der Waals surface area contributed by atoms with Crippen LogP contribution in [0.1, 0.15) is 46.0 Å². The van der Waals surface area contributed by atoms with E-state index in [-0.39, 0.29) is 0 Å². The molecule has 2 aliphatic heterocycles. The van der Waals surface area contributed by atoms with E-state index in [1.165, 1.54) is 37.9 Å². The Morgan fingerprint density at radius 1 is 1.41 bits per heavy atom. The van der Waals surface area contributed by atoms with Gasteiger partial charge >= 0.3 is 0 Å². The first kappa shape index (κ1) is 13.2. The average molecular weight is 252 g/mol. The first-order valence-electron chi connectivity index (χ1n) is 6.85. The highest BCUT2D eigenvalue weighted by Crippen LogP contribution is 2.51. The molecule has 0 bridgehead atoms. The van der Waals surface area contributed by atoms with Gasteiger partial charge in [0.15, 0.2) is 0 Å². The molecular weight excluding hydrogens is 228 g/mol. The zero-order chi connectivity index (χ0) is 12.4. The van der Waals surface area contributed by atoms with Gasteiger partial charge in [0.1, 0.15) is 0 Å². The molecule has 0 radical (unpaired) electrons. The minimum atomic E-state index is 0.480. The van der Waals surface area contributed by atoms with Crippen LogP contribution in [0.4, 0.5) is 0 Å². The maximum Gasteiger partial charge on any atom is 0.0866 e. The standard InChI is InChI=1S/C14H24N2S/c1-3-13(2)11-14(6-10-17-13)5-4-8-16(12-14)9-7-15/h3-6,8-12H2,1-2H3. The number of piperidine rings is 1. The van der Waals surface area contributed by atoms with Gasteiger partial charge in [0.2, 0.25) is 0 Å². The van der Waals surface area contributed by atoms with Crippen LogP contribution in [0.25, 0.3) is 0 Å². The summed E-state index contributed by atoms with van der Waals surface area (Å²) in [5, 5.41) is 8.86. The van der Waals surface area contributed by atoms with Crippen LogP contribution in [-0.2, 0) is 0 Å². The van der Waals surface area contributed by atoms with Gasteiger partial charge in [-0.2, -0.15) is 17.0 Å². The molecule has 1 spiro atoms. The third-order valence-corrected chi connectivity index (χ3v) is 6.15. The summed E-state index contributed by atoms with van der Waals surface area (Å²) in [6.07, 6.45) is 6.65. The summed E-state index contributed by atoms with van der Waals surface area (Å²) < 4.78 is 0.480. The van der Waals surface area contributed by atoms with E-state index in [2.05, 4.69) is 36.6 Å². The molecule has 0 aromatic carbocycles. The number of rotatable bonds is 2. The Morgan fingerprint density at radius 2 is 2.24 bits per heavy atom. The molecule has 96 valence electrons. The quantitative estimate of drug-likeness (QED) is 0.706. The summed E-state index contributed by atoms with van der Waals surface area (Å²) in [6.45, 7) is 7.67. The molecular formula is C14H24N2S. The number of nitrogens with zero attached hydrogens (tertiary/aromatic N) is 2. The van der Waals surface area contributed by atoms with Gasteiger partial charge in [0.25, 0.3) is 0 Å². The number of likely N-dealkylation sites (tertiary alicyclic amines) is 1. The molecule has 0 aliphatic carbocycles. The number of nitriles is 1. The van der Waals surface area contributed by atoms with E-state index >= 15 is 0 Å². The smallest absolute Gasteiger partial charge is 0.0866 e. The average Bonchev–Trinajstić information content (AvgIpc) is 2.29. The molecule has 2 atom stereocenters. The molecule has 2 unspecified atom stereocenters. The van der Waals surface area contributed by atoms with Crippen molar-refractivity contribution >= 4 is 11.8 Å². The minimum Gasteiger partial charge on any atom is -0.290 e. The van der Waals surface area contributed by atoms with Crippen molar-refractivity contribution in [2.75, 3.05) is 25.4 Å². The summed E-state index contributed by atoms with van der Waals surface area (Å²) in [7, 11) is 0. The van der Waals surface area contributed by atoms with E-state index in [1.54, 1.807) is 0 Å². The maximum atomic E-state index is 8.86. The summed E-state index contributed by atoms with van der Waals surface area (Å²) in [5.74, 6) is 1.31. The number of hydrogen-bond acceptors (Lipinski definition) is 3. The zero-order valence-corrected chi connectivity index (χ0v) is 12.0. The number of thioether (sulfide) groups is 1. The summed E-state index contributed by atoms with van der Waals surface area (Å²) in [6, 6.07) is 2.31. The fourth-order valence-electron chi connectivity index (χ4n) is 3.57. The SMILES string of the molecule is CCC1(C)CC2(CCCN(CC#N)C2)CCS1. The number of hydrogen-bond donors (Lipinski definition) is 0. The molecule has 17 heavy (non-hydrogen) atoms. The molecule has 0 aromatic heterocycles. The molecule has 3 heteroatoms. The fraction of sp³-hybridized carbons (Fsp3) is 0.929. The van der Waals surface area contributed by atoms with Crippen molar-refractivity contribution in [1.82, 2.24) is 4.90 Å². The second-order valence-corrected chi connectivity index (χ2v) is 7.73. The van der Waals surface area contributed by atoms with Crippen LogP contribution in [0.5, 0.6) is 0 Å². The Balaban J connectivity index is 2.05. The molecule has 0 saturated carbocycles. The molecule has 2 rings (SSSR count). The highest BCUT2D eigenvalue weighted by atomic mass is 32.2. The summed E-state index contributed by atoms with van der Waals surface area (Å²) >= 11 is 2.16. The predicted molar refractivity (Wildman–Crippen MR) is 74.1 cm³/mol. The van der Waals surface area contributed by atoms with E-state index in [4.69, 9.17) is 5.26 Å². The van der Waals surface area contributed by atoms with E-state index in [0.29, 0.717) is 16.7 Å².